The Labute approximate surface area is 175 Å². The molecule has 30 heavy (non-hydrogen) atoms. The number of ether oxygens (including phenoxy) is 2. The first-order valence-electron chi connectivity index (χ1n) is 8.50. The molecular weight excluding hydrogens is 411 g/mol. The van der Waals surface area contributed by atoms with Gasteiger partial charge < -0.3 is 20.2 Å². The van der Waals surface area contributed by atoms with Crippen LogP contribution >= 0.6 is 11.6 Å². The van der Waals surface area contributed by atoms with Gasteiger partial charge in [-0.25, -0.2) is 4.39 Å². The molecule has 0 aliphatic rings. The largest absolute Gasteiger partial charge is 0.493 e. The second-order valence-electron chi connectivity index (χ2n) is 6.11. The molecule has 3 N–H and O–H groups in total. The highest BCUT2D eigenvalue weighted by Gasteiger charge is 2.19. The minimum atomic E-state index is -0.700. The molecule has 3 aromatic rings. The number of aromatic nitrogens is 1. The summed E-state index contributed by atoms with van der Waals surface area (Å²) in [6.45, 7) is 0.0552. The zero-order valence-corrected chi connectivity index (χ0v) is 16.4. The fourth-order valence-corrected chi connectivity index (χ4v) is 3.09. The molecule has 0 aliphatic heterocycles. The number of anilines is 1. The summed E-state index contributed by atoms with van der Waals surface area (Å²) in [7, 11) is 1.42. The second kappa shape index (κ2) is 8.56. The smallest absolute Gasteiger partial charge is 0.268 e. The van der Waals surface area contributed by atoms with Crippen molar-refractivity contribution in [1.29, 1.82) is 10.5 Å². The number of halogens is 2. The molecule has 9 heteroatoms. The van der Waals surface area contributed by atoms with Crippen molar-refractivity contribution in [2.45, 2.75) is 6.61 Å². The van der Waals surface area contributed by atoms with E-state index in [1.807, 2.05) is 6.07 Å². The van der Waals surface area contributed by atoms with Crippen LogP contribution in [0.3, 0.4) is 0 Å². The molecule has 0 saturated heterocycles. The molecule has 0 amide bonds. The maximum atomic E-state index is 13.2. The lowest BCUT2D eigenvalue weighted by atomic mass is 9.96. The standard InChI is InChI=1S/C21H14ClFN4O3/c1-29-18-6-11(19-14(8-24)20(26)27-21(28)15(19)9-25)3-5-17(18)30-10-12-2-4-13(23)7-16(12)22/h2-7H,10H2,1H3,(H3,26,27,28). The van der Waals surface area contributed by atoms with Crippen molar-refractivity contribution in [1.82, 2.24) is 4.98 Å². The average Bonchev–Trinajstić information content (AvgIpc) is 2.72. The van der Waals surface area contributed by atoms with Crippen molar-refractivity contribution in [3.05, 3.63) is 74.3 Å². The minimum Gasteiger partial charge on any atom is -0.493 e. The van der Waals surface area contributed by atoms with Gasteiger partial charge in [-0.05, 0) is 29.8 Å². The third kappa shape index (κ3) is 3.90. The van der Waals surface area contributed by atoms with Gasteiger partial charge in [0.25, 0.3) is 5.56 Å². The van der Waals surface area contributed by atoms with E-state index >= 15 is 0 Å². The van der Waals surface area contributed by atoms with Gasteiger partial charge in [0.15, 0.2) is 11.5 Å². The molecule has 0 fully saturated rings. The van der Waals surface area contributed by atoms with Gasteiger partial charge in [0.2, 0.25) is 0 Å². The average molecular weight is 425 g/mol. The highest BCUT2D eigenvalue weighted by atomic mass is 35.5. The summed E-state index contributed by atoms with van der Waals surface area (Å²) >= 11 is 6.01. The first-order chi connectivity index (χ1) is 14.4. The molecule has 0 bridgehead atoms. The molecule has 0 radical (unpaired) electrons. The van der Waals surface area contributed by atoms with Crippen LogP contribution in [0.5, 0.6) is 11.5 Å². The van der Waals surface area contributed by atoms with Crippen molar-refractivity contribution in [3.63, 3.8) is 0 Å². The number of hydrogen-bond donors (Lipinski definition) is 2. The van der Waals surface area contributed by atoms with Crippen LogP contribution in [-0.4, -0.2) is 12.1 Å². The molecule has 0 saturated carbocycles. The second-order valence-corrected chi connectivity index (χ2v) is 6.51. The van der Waals surface area contributed by atoms with E-state index < -0.39 is 11.4 Å². The fraction of sp³-hybridized carbons (Fsp3) is 0.0952. The van der Waals surface area contributed by atoms with Gasteiger partial charge in [-0.15, -0.1) is 0 Å². The summed E-state index contributed by atoms with van der Waals surface area (Å²) in [5.41, 5.74) is 5.84. The number of nitrogens with zero attached hydrogens (tertiary/aromatic N) is 2. The summed E-state index contributed by atoms with van der Waals surface area (Å²) in [5.74, 6) is 0.0416. The monoisotopic (exact) mass is 424 g/mol. The van der Waals surface area contributed by atoms with Gasteiger partial charge >= 0.3 is 0 Å². The van der Waals surface area contributed by atoms with Crippen LogP contribution in [0.1, 0.15) is 16.7 Å². The predicted molar refractivity (Wildman–Crippen MR) is 109 cm³/mol. The van der Waals surface area contributed by atoms with Gasteiger partial charge in [-0.2, -0.15) is 10.5 Å². The zero-order valence-electron chi connectivity index (χ0n) is 15.6. The Bertz CT molecular complexity index is 1270. The van der Waals surface area contributed by atoms with Gasteiger partial charge in [0, 0.05) is 11.1 Å². The van der Waals surface area contributed by atoms with E-state index in [0.717, 1.165) is 0 Å². The Morgan fingerprint density at radius 1 is 1.13 bits per heavy atom. The number of benzene rings is 2. The lowest BCUT2D eigenvalue weighted by molar-refractivity contribution is 0.284. The van der Waals surface area contributed by atoms with Crippen LogP contribution in [0, 0.1) is 28.5 Å². The number of rotatable bonds is 5. The maximum Gasteiger partial charge on any atom is 0.268 e. The van der Waals surface area contributed by atoms with Crippen LogP contribution in [0.25, 0.3) is 11.1 Å². The Kier molecular flexibility index (Phi) is 5.91. The summed E-state index contributed by atoms with van der Waals surface area (Å²) in [6.07, 6.45) is 0. The van der Waals surface area contributed by atoms with Crippen molar-refractivity contribution < 1.29 is 13.9 Å². The SMILES string of the molecule is COc1cc(-c2c(C#N)c(N)[nH]c(=O)c2C#N)ccc1OCc1ccc(F)cc1Cl. The van der Waals surface area contributed by atoms with Gasteiger partial charge in [-0.1, -0.05) is 23.7 Å². The van der Waals surface area contributed by atoms with Crippen molar-refractivity contribution >= 4 is 17.4 Å². The molecule has 0 atom stereocenters. The molecule has 1 aromatic heterocycles. The van der Waals surface area contributed by atoms with Crippen LogP contribution in [0.15, 0.2) is 41.2 Å². The first-order valence-corrected chi connectivity index (χ1v) is 8.88. The number of nitrogens with two attached hydrogens (primary N) is 1. The molecule has 1 heterocycles. The number of nitriles is 2. The molecule has 0 spiro atoms. The van der Waals surface area contributed by atoms with Crippen molar-refractivity contribution in [3.8, 4) is 34.8 Å². The van der Waals surface area contributed by atoms with E-state index in [0.29, 0.717) is 16.9 Å². The van der Waals surface area contributed by atoms with Gasteiger partial charge in [-0.3, -0.25) is 4.79 Å². The number of pyridine rings is 1. The van der Waals surface area contributed by atoms with Crippen molar-refractivity contribution in [2.75, 3.05) is 12.8 Å². The molecular formula is C21H14ClFN4O3. The number of nitrogen functional groups attached to an aromatic ring is 1. The summed E-state index contributed by atoms with van der Waals surface area (Å²) in [4.78, 5) is 14.4. The highest BCUT2D eigenvalue weighted by molar-refractivity contribution is 6.31. The van der Waals surface area contributed by atoms with E-state index in [1.54, 1.807) is 18.2 Å². The van der Waals surface area contributed by atoms with Crippen LogP contribution in [0.4, 0.5) is 10.2 Å². The van der Waals surface area contributed by atoms with Crippen LogP contribution in [-0.2, 0) is 6.61 Å². The Hall–Kier alpha value is -4.01. The van der Waals surface area contributed by atoms with Crippen LogP contribution < -0.4 is 20.8 Å². The summed E-state index contributed by atoms with van der Waals surface area (Å²) < 4.78 is 24.3. The number of H-pyrrole nitrogens is 1. The van der Waals surface area contributed by atoms with E-state index in [9.17, 15) is 19.7 Å². The van der Waals surface area contributed by atoms with Gasteiger partial charge in [0.1, 0.15) is 41.5 Å². The molecule has 0 unspecified atom stereocenters. The lowest BCUT2D eigenvalue weighted by Gasteiger charge is -2.14. The summed E-state index contributed by atoms with van der Waals surface area (Å²) in [6, 6.07) is 12.3. The Balaban J connectivity index is 2.03. The maximum absolute atomic E-state index is 13.2. The Morgan fingerprint density at radius 2 is 1.87 bits per heavy atom. The fourth-order valence-electron chi connectivity index (χ4n) is 2.87. The van der Waals surface area contributed by atoms with Crippen molar-refractivity contribution in [2.24, 2.45) is 0 Å². The summed E-state index contributed by atoms with van der Waals surface area (Å²) in [5, 5.41) is 19.1. The van der Waals surface area contributed by atoms with E-state index in [-0.39, 0.29) is 39.9 Å². The normalized spacial score (nSPS) is 10.2. The van der Waals surface area contributed by atoms with E-state index in [4.69, 9.17) is 26.8 Å². The van der Waals surface area contributed by atoms with E-state index in [1.165, 1.54) is 31.4 Å². The highest BCUT2D eigenvalue weighted by Crippen LogP contribution is 2.36. The molecule has 2 aromatic carbocycles. The third-order valence-corrected chi connectivity index (χ3v) is 4.67. The molecule has 7 nitrogen and oxygen atoms in total. The van der Waals surface area contributed by atoms with E-state index in [2.05, 4.69) is 4.98 Å². The Morgan fingerprint density at radius 3 is 2.50 bits per heavy atom. The molecule has 0 aliphatic carbocycles. The third-order valence-electron chi connectivity index (χ3n) is 4.32. The number of nitrogens with one attached hydrogen (secondary N) is 1. The topological polar surface area (TPSA) is 125 Å². The lowest BCUT2D eigenvalue weighted by Crippen LogP contribution is -2.16. The minimum absolute atomic E-state index is 0.0278. The number of aromatic amines is 1. The first kappa shape index (κ1) is 20.7. The zero-order chi connectivity index (χ0) is 21.8. The van der Waals surface area contributed by atoms with Gasteiger partial charge in [0.05, 0.1) is 12.1 Å². The molecule has 3 rings (SSSR count). The van der Waals surface area contributed by atoms with Crippen LogP contribution in [0.2, 0.25) is 5.02 Å². The number of hydrogen-bond acceptors (Lipinski definition) is 6. The molecule has 150 valence electrons. The number of methoxy groups -OCH3 is 1. The predicted octanol–water partition coefficient (Wildman–Crippen LogP) is 3.75. The quantitative estimate of drug-likeness (QED) is 0.642.